The van der Waals surface area contributed by atoms with E-state index in [9.17, 15) is 4.79 Å². The van der Waals surface area contributed by atoms with E-state index in [2.05, 4.69) is 36.2 Å². The van der Waals surface area contributed by atoms with E-state index in [0.717, 1.165) is 12.2 Å². The van der Waals surface area contributed by atoms with Gasteiger partial charge in [-0.15, -0.1) is 0 Å². The minimum Gasteiger partial charge on any atom is -0.354 e. The third kappa shape index (κ3) is 2.59. The highest BCUT2D eigenvalue weighted by molar-refractivity contribution is 5.87. The highest BCUT2D eigenvalue weighted by Gasteiger charge is 2.37. The minimum atomic E-state index is -0.125. The molecule has 1 aliphatic rings. The molecule has 2 unspecified atom stereocenters. The van der Waals surface area contributed by atoms with Crippen LogP contribution in [-0.2, 0) is 4.79 Å². The number of carbonyl (C=O) groups is 1. The van der Waals surface area contributed by atoms with Crippen molar-refractivity contribution in [3.8, 4) is 0 Å². The lowest BCUT2D eigenvalue weighted by Crippen LogP contribution is -2.63. The molecule has 1 aliphatic heterocycles. The Hall–Kier alpha value is -1.55. The molecule has 0 spiro atoms. The van der Waals surface area contributed by atoms with E-state index in [4.69, 9.17) is 0 Å². The molecule has 0 saturated carbocycles. The van der Waals surface area contributed by atoms with Crippen LogP contribution in [0.25, 0.3) is 0 Å². The second-order valence-electron chi connectivity index (χ2n) is 5.34. The zero-order valence-electron chi connectivity index (χ0n) is 12.2. The standard InChI is InChI=1S/C15H23N3O/c1-11-7-5-6-8-13(11)18-12(2)10-17(4)15(19)14(18)9-16-3/h5-8,12,14,16H,9-10H2,1-4H3. The SMILES string of the molecule is CNCC1C(=O)N(C)CC(C)N1c1ccccc1C. The number of para-hydroxylation sites is 1. The third-order valence-corrected chi connectivity index (χ3v) is 3.80. The van der Waals surface area contributed by atoms with E-state index >= 15 is 0 Å². The number of anilines is 1. The molecule has 0 radical (unpaired) electrons. The number of nitrogens with one attached hydrogen (secondary N) is 1. The van der Waals surface area contributed by atoms with Crippen molar-refractivity contribution in [3.63, 3.8) is 0 Å². The summed E-state index contributed by atoms with van der Waals surface area (Å²) in [6, 6.07) is 8.47. The molecular weight excluding hydrogens is 238 g/mol. The molecule has 104 valence electrons. The summed E-state index contributed by atoms with van der Waals surface area (Å²) in [4.78, 5) is 16.5. The summed E-state index contributed by atoms with van der Waals surface area (Å²) in [7, 11) is 3.78. The summed E-state index contributed by atoms with van der Waals surface area (Å²) in [6.45, 7) is 5.72. The van der Waals surface area contributed by atoms with Gasteiger partial charge in [-0.1, -0.05) is 18.2 Å². The van der Waals surface area contributed by atoms with Crippen LogP contribution < -0.4 is 10.2 Å². The molecule has 1 heterocycles. The average Bonchev–Trinajstić information content (AvgIpc) is 2.38. The first-order chi connectivity index (χ1) is 9.06. The van der Waals surface area contributed by atoms with Crippen LogP contribution in [0.15, 0.2) is 24.3 Å². The van der Waals surface area contributed by atoms with Crippen molar-refractivity contribution >= 4 is 11.6 Å². The average molecular weight is 261 g/mol. The second kappa shape index (κ2) is 5.61. The molecule has 0 aliphatic carbocycles. The smallest absolute Gasteiger partial charge is 0.246 e. The molecule has 1 amide bonds. The van der Waals surface area contributed by atoms with Gasteiger partial charge in [-0.2, -0.15) is 0 Å². The lowest BCUT2D eigenvalue weighted by molar-refractivity contribution is -0.133. The molecule has 1 fully saturated rings. The zero-order valence-corrected chi connectivity index (χ0v) is 12.2. The summed E-state index contributed by atoms with van der Waals surface area (Å²) in [5.74, 6) is 0.190. The van der Waals surface area contributed by atoms with Gasteiger partial charge in [0.15, 0.2) is 0 Å². The normalized spacial score (nSPS) is 23.9. The number of piperazine rings is 1. The molecule has 19 heavy (non-hydrogen) atoms. The summed E-state index contributed by atoms with van der Waals surface area (Å²) in [5.41, 5.74) is 2.38. The molecule has 2 rings (SSSR count). The van der Waals surface area contributed by atoms with Crippen LogP contribution in [0.5, 0.6) is 0 Å². The fourth-order valence-electron chi connectivity index (χ4n) is 2.89. The van der Waals surface area contributed by atoms with E-state index < -0.39 is 0 Å². The van der Waals surface area contributed by atoms with Crippen molar-refractivity contribution < 1.29 is 4.79 Å². The van der Waals surface area contributed by atoms with Crippen molar-refractivity contribution in [2.75, 3.05) is 32.1 Å². The van der Waals surface area contributed by atoms with E-state index in [1.165, 1.54) is 5.56 Å². The maximum absolute atomic E-state index is 12.4. The van der Waals surface area contributed by atoms with Gasteiger partial charge >= 0.3 is 0 Å². The number of carbonyl (C=O) groups excluding carboxylic acids is 1. The molecular formula is C15H23N3O. The predicted molar refractivity (Wildman–Crippen MR) is 78.5 cm³/mol. The second-order valence-corrected chi connectivity index (χ2v) is 5.34. The molecule has 4 heteroatoms. The highest BCUT2D eigenvalue weighted by Crippen LogP contribution is 2.27. The molecule has 2 atom stereocenters. The van der Waals surface area contributed by atoms with Gasteiger partial charge in [0, 0.05) is 31.9 Å². The maximum atomic E-state index is 12.4. The summed E-state index contributed by atoms with van der Waals surface area (Å²) in [6.07, 6.45) is 0. The largest absolute Gasteiger partial charge is 0.354 e. The highest BCUT2D eigenvalue weighted by atomic mass is 16.2. The first-order valence-corrected chi connectivity index (χ1v) is 6.79. The zero-order chi connectivity index (χ0) is 14.0. The lowest BCUT2D eigenvalue weighted by atomic mass is 10.0. The van der Waals surface area contributed by atoms with Crippen LogP contribution in [-0.4, -0.2) is 50.1 Å². The minimum absolute atomic E-state index is 0.125. The number of nitrogens with zero attached hydrogens (tertiary/aromatic N) is 2. The van der Waals surface area contributed by atoms with Gasteiger partial charge in [-0.3, -0.25) is 4.79 Å². The van der Waals surface area contributed by atoms with Gasteiger partial charge in [-0.25, -0.2) is 0 Å². The number of likely N-dealkylation sites (N-methyl/N-ethyl adjacent to an activating group) is 2. The fourth-order valence-corrected chi connectivity index (χ4v) is 2.89. The van der Waals surface area contributed by atoms with E-state index in [1.807, 2.05) is 31.1 Å². The Morgan fingerprint density at radius 3 is 2.68 bits per heavy atom. The number of aryl methyl sites for hydroxylation is 1. The number of benzene rings is 1. The van der Waals surface area contributed by atoms with Crippen LogP contribution >= 0.6 is 0 Å². The molecule has 1 aromatic rings. The Morgan fingerprint density at radius 2 is 2.05 bits per heavy atom. The molecule has 1 aromatic carbocycles. The van der Waals surface area contributed by atoms with E-state index in [0.29, 0.717) is 12.6 Å². The van der Waals surface area contributed by atoms with Crippen molar-refractivity contribution in [3.05, 3.63) is 29.8 Å². The quantitative estimate of drug-likeness (QED) is 0.889. The van der Waals surface area contributed by atoms with E-state index in [-0.39, 0.29) is 11.9 Å². The van der Waals surface area contributed by atoms with Crippen molar-refractivity contribution in [2.24, 2.45) is 0 Å². The van der Waals surface area contributed by atoms with Crippen molar-refractivity contribution in [1.82, 2.24) is 10.2 Å². The van der Waals surface area contributed by atoms with Crippen LogP contribution in [0.4, 0.5) is 5.69 Å². The Kier molecular flexibility index (Phi) is 4.10. The number of hydrogen-bond acceptors (Lipinski definition) is 3. The van der Waals surface area contributed by atoms with Crippen molar-refractivity contribution in [1.29, 1.82) is 0 Å². The molecule has 4 nitrogen and oxygen atoms in total. The Labute approximate surface area is 115 Å². The Bertz CT molecular complexity index is 460. The summed E-state index contributed by atoms with van der Waals surface area (Å²) in [5, 5.41) is 3.14. The van der Waals surface area contributed by atoms with Gasteiger partial charge in [0.25, 0.3) is 0 Å². The molecule has 0 aromatic heterocycles. The van der Waals surface area contributed by atoms with Crippen LogP contribution in [0.1, 0.15) is 12.5 Å². The lowest BCUT2D eigenvalue weighted by Gasteiger charge is -2.45. The number of hydrogen-bond donors (Lipinski definition) is 1. The van der Waals surface area contributed by atoms with Gasteiger partial charge in [0.1, 0.15) is 6.04 Å². The number of rotatable bonds is 3. The van der Waals surface area contributed by atoms with E-state index in [1.54, 1.807) is 0 Å². The molecule has 1 N–H and O–H groups in total. The monoisotopic (exact) mass is 261 g/mol. The van der Waals surface area contributed by atoms with Crippen LogP contribution in [0.3, 0.4) is 0 Å². The number of amides is 1. The van der Waals surface area contributed by atoms with Crippen LogP contribution in [0.2, 0.25) is 0 Å². The summed E-state index contributed by atoms with van der Waals surface area (Å²) >= 11 is 0. The maximum Gasteiger partial charge on any atom is 0.246 e. The first-order valence-electron chi connectivity index (χ1n) is 6.79. The van der Waals surface area contributed by atoms with Gasteiger partial charge in [0.05, 0.1) is 0 Å². The molecule has 0 bridgehead atoms. The molecule has 1 saturated heterocycles. The predicted octanol–water partition coefficient (Wildman–Crippen LogP) is 1.25. The topological polar surface area (TPSA) is 35.6 Å². The Balaban J connectivity index is 2.39. The fraction of sp³-hybridized carbons (Fsp3) is 0.533. The third-order valence-electron chi connectivity index (χ3n) is 3.80. The van der Waals surface area contributed by atoms with Crippen LogP contribution in [0, 0.1) is 6.92 Å². The summed E-state index contributed by atoms with van der Waals surface area (Å²) < 4.78 is 0. The van der Waals surface area contributed by atoms with Gasteiger partial charge in [0.2, 0.25) is 5.91 Å². The first kappa shape index (κ1) is 13.9. The van der Waals surface area contributed by atoms with Gasteiger partial charge in [-0.05, 0) is 32.5 Å². The van der Waals surface area contributed by atoms with Gasteiger partial charge < -0.3 is 15.1 Å². The Morgan fingerprint density at radius 1 is 1.37 bits per heavy atom. The van der Waals surface area contributed by atoms with Crippen molar-refractivity contribution in [2.45, 2.75) is 25.9 Å².